The molecule has 2 fully saturated rings. The summed E-state index contributed by atoms with van der Waals surface area (Å²) in [5.74, 6) is -5.13. The molecule has 5 rings (SSSR count). The number of aliphatic carboxylic acids is 2. The fraction of sp³-hybridized carbons (Fsp3) is 0.513. The second-order valence-corrected chi connectivity index (χ2v) is 14.4. The fourth-order valence-corrected chi connectivity index (χ4v) is 6.36. The second-order valence-electron chi connectivity index (χ2n) is 14.4. The average molecular weight is 853 g/mol. The molecule has 0 aliphatic carbocycles. The molecule has 2 saturated heterocycles. The highest BCUT2D eigenvalue weighted by atomic mass is 16.8. The van der Waals surface area contributed by atoms with Crippen LogP contribution in [0.15, 0.2) is 51.2 Å². The summed E-state index contributed by atoms with van der Waals surface area (Å²) in [4.78, 5) is 38.1. The zero-order chi connectivity index (χ0) is 44.3. The maximum absolute atomic E-state index is 14.7. The monoisotopic (exact) mass is 852 g/mol. The normalized spacial score (nSPS) is 28.3. The molecule has 0 bridgehead atoms. The van der Waals surface area contributed by atoms with Gasteiger partial charge in [0.15, 0.2) is 24.3 Å². The lowest BCUT2D eigenvalue weighted by Gasteiger charge is -2.42. The molecule has 2 aromatic carbocycles. The quantitative estimate of drug-likeness (QED) is 0.0632. The van der Waals surface area contributed by atoms with Gasteiger partial charge < -0.3 is 88.6 Å². The first-order chi connectivity index (χ1) is 28.3. The molecular formula is C39H48O21. The van der Waals surface area contributed by atoms with Crippen molar-refractivity contribution in [1.29, 1.82) is 0 Å². The van der Waals surface area contributed by atoms with Crippen molar-refractivity contribution < 1.29 is 98.2 Å². The molecule has 0 spiro atoms. The highest BCUT2D eigenvalue weighted by Crippen LogP contribution is 2.42. The van der Waals surface area contributed by atoms with Crippen LogP contribution in [0, 0.1) is 0 Å². The van der Waals surface area contributed by atoms with E-state index >= 15 is 0 Å². The van der Waals surface area contributed by atoms with Crippen LogP contribution in [0.2, 0.25) is 0 Å². The number of phenols is 1. The van der Waals surface area contributed by atoms with Crippen molar-refractivity contribution in [1.82, 2.24) is 0 Å². The van der Waals surface area contributed by atoms with E-state index in [1.807, 2.05) is 0 Å². The van der Waals surface area contributed by atoms with Crippen molar-refractivity contribution in [3.63, 3.8) is 0 Å². The lowest BCUT2D eigenvalue weighted by molar-refractivity contribution is -0.324. The van der Waals surface area contributed by atoms with Gasteiger partial charge in [0.2, 0.25) is 29.9 Å². The molecule has 3 unspecified atom stereocenters. The Morgan fingerprint density at radius 2 is 1.57 bits per heavy atom. The zero-order valence-corrected chi connectivity index (χ0v) is 32.8. The van der Waals surface area contributed by atoms with Crippen molar-refractivity contribution in [3.8, 4) is 34.3 Å². The number of methoxy groups -OCH3 is 1. The van der Waals surface area contributed by atoms with Gasteiger partial charge in [-0.05, 0) is 58.4 Å². The van der Waals surface area contributed by atoms with Crippen LogP contribution in [0.3, 0.4) is 0 Å². The minimum Gasteiger partial charge on any atom is -0.507 e. The number of hydrogen-bond donors (Lipinski definition) is 10. The number of rotatable bonds is 16. The van der Waals surface area contributed by atoms with E-state index in [2.05, 4.69) is 0 Å². The SMILES string of the molecule is COc1ccc(-c2oc3c(CC=C(C)C)c(O[C@@H]4O[C@H](CO)[C@@H](O)[C@H](O)[C@H]4O)cc(O)c3c(=O)c2O[C@@H]2O[C@@H](C)[C@H](O)[C@@H](O)[C@H]2OC(OC(C)C(=O)O)C(O)C(=O)O)cc1. The number of aromatic hydroxyl groups is 1. The summed E-state index contributed by atoms with van der Waals surface area (Å²) in [6.07, 6.45) is -22.4. The predicted molar refractivity (Wildman–Crippen MR) is 201 cm³/mol. The summed E-state index contributed by atoms with van der Waals surface area (Å²) in [7, 11) is 1.41. The topological polar surface area (TPSA) is 331 Å². The van der Waals surface area contributed by atoms with E-state index in [4.69, 9.17) is 37.6 Å². The molecule has 60 heavy (non-hydrogen) atoms. The number of allylic oxidation sites excluding steroid dienone is 2. The van der Waals surface area contributed by atoms with Gasteiger partial charge >= 0.3 is 11.9 Å². The number of carbonyl (C=O) groups is 2. The first kappa shape index (κ1) is 46.2. The summed E-state index contributed by atoms with van der Waals surface area (Å²) in [6, 6.07) is 6.95. The highest BCUT2D eigenvalue weighted by Gasteiger charge is 2.49. The highest BCUT2D eigenvalue weighted by molar-refractivity contribution is 5.91. The molecule has 0 saturated carbocycles. The van der Waals surface area contributed by atoms with Gasteiger partial charge in [-0.2, -0.15) is 0 Å². The molecule has 3 aromatic rings. The largest absolute Gasteiger partial charge is 0.507 e. The lowest BCUT2D eigenvalue weighted by Crippen LogP contribution is -2.61. The Kier molecular flexibility index (Phi) is 14.8. The zero-order valence-electron chi connectivity index (χ0n) is 32.8. The van der Waals surface area contributed by atoms with Crippen LogP contribution >= 0.6 is 0 Å². The van der Waals surface area contributed by atoms with Crippen LogP contribution in [-0.4, -0.2) is 157 Å². The van der Waals surface area contributed by atoms with Gasteiger partial charge in [-0.1, -0.05) is 11.6 Å². The number of phenolic OH excluding ortho intramolecular Hbond substituents is 1. The van der Waals surface area contributed by atoms with Crippen LogP contribution in [0.25, 0.3) is 22.3 Å². The number of fused-ring (bicyclic) bond motifs is 1. The van der Waals surface area contributed by atoms with Gasteiger partial charge in [-0.3, -0.25) is 4.79 Å². The summed E-state index contributed by atoms with van der Waals surface area (Å²) < 4.78 is 45.8. The third-order valence-electron chi connectivity index (χ3n) is 9.83. The van der Waals surface area contributed by atoms with Gasteiger partial charge in [0.25, 0.3) is 0 Å². The van der Waals surface area contributed by atoms with E-state index in [1.165, 1.54) is 38.3 Å². The molecule has 3 heterocycles. The molecule has 1 aromatic heterocycles. The van der Waals surface area contributed by atoms with Crippen molar-refractivity contribution in [3.05, 3.63) is 57.8 Å². The van der Waals surface area contributed by atoms with Crippen molar-refractivity contribution in [2.24, 2.45) is 0 Å². The second kappa shape index (κ2) is 19.2. The standard InChI is InChI=1S/C39H48O21/c1-14(2)6-11-19-21(56-37-29(47)27(45)25(43)22(13-40)57-37)12-20(41)23-26(44)33(31(58-32(19)23)17-7-9-18(53-5)10-8-17)59-39-34(28(46)24(42)15(3)54-39)60-38(30(48)36(51)52)55-16(4)35(49)50/h6-10,12,15-16,22,24-25,27-30,34,37-43,45-48H,11,13H2,1-5H3,(H,49,50)(H,51,52)/t15-,16?,22+,24-,25+,27-,28+,29+,30?,34+,37+,38?,39-/m0/s1. The molecule has 0 amide bonds. The Balaban J connectivity index is 1.71. The van der Waals surface area contributed by atoms with Gasteiger partial charge in [0.05, 0.1) is 19.8 Å². The Bertz CT molecular complexity index is 2080. The van der Waals surface area contributed by atoms with E-state index in [0.29, 0.717) is 5.75 Å². The third kappa shape index (κ3) is 9.66. The molecule has 330 valence electrons. The fourth-order valence-electron chi connectivity index (χ4n) is 6.36. The number of aliphatic hydroxyl groups is 7. The Morgan fingerprint density at radius 3 is 2.15 bits per heavy atom. The van der Waals surface area contributed by atoms with E-state index < -0.39 is 121 Å². The average Bonchev–Trinajstić information content (AvgIpc) is 3.21. The molecule has 21 heteroatoms. The number of carboxylic acids is 2. The van der Waals surface area contributed by atoms with E-state index in [-0.39, 0.29) is 34.6 Å². The van der Waals surface area contributed by atoms with Gasteiger partial charge in [-0.25, -0.2) is 9.59 Å². The molecule has 0 radical (unpaired) electrons. The maximum atomic E-state index is 14.7. The van der Waals surface area contributed by atoms with Crippen molar-refractivity contribution in [2.45, 2.75) is 114 Å². The molecule has 10 N–H and O–H groups in total. The molecule has 2 aliphatic rings. The number of aliphatic hydroxyl groups excluding tert-OH is 7. The molecule has 2 aliphatic heterocycles. The van der Waals surface area contributed by atoms with Gasteiger partial charge in [0, 0.05) is 17.2 Å². The Hall–Kier alpha value is -4.91. The van der Waals surface area contributed by atoms with Crippen LogP contribution in [0.1, 0.15) is 33.3 Å². The molecule has 13 atom stereocenters. The Labute approximate surface area is 340 Å². The summed E-state index contributed by atoms with van der Waals surface area (Å²) in [6.45, 7) is 5.11. The number of ether oxygens (including phenoxy) is 7. The summed E-state index contributed by atoms with van der Waals surface area (Å²) in [5, 5.41) is 103. The summed E-state index contributed by atoms with van der Waals surface area (Å²) in [5.41, 5.74) is -0.312. The third-order valence-corrected chi connectivity index (χ3v) is 9.83. The van der Waals surface area contributed by atoms with Crippen LogP contribution in [0.4, 0.5) is 0 Å². The van der Waals surface area contributed by atoms with Gasteiger partial charge in [0.1, 0.15) is 64.8 Å². The first-order valence-corrected chi connectivity index (χ1v) is 18.5. The predicted octanol–water partition coefficient (Wildman–Crippen LogP) is -0.646. The minimum atomic E-state index is -2.55. The van der Waals surface area contributed by atoms with Crippen molar-refractivity contribution in [2.75, 3.05) is 13.7 Å². The maximum Gasteiger partial charge on any atom is 0.337 e. The smallest absolute Gasteiger partial charge is 0.337 e. The van der Waals surface area contributed by atoms with E-state index in [1.54, 1.807) is 19.9 Å². The first-order valence-electron chi connectivity index (χ1n) is 18.5. The van der Waals surface area contributed by atoms with Crippen LogP contribution in [0.5, 0.6) is 23.0 Å². The Morgan fingerprint density at radius 1 is 0.900 bits per heavy atom. The van der Waals surface area contributed by atoms with Gasteiger partial charge in [-0.15, -0.1) is 0 Å². The number of hydrogen-bond acceptors (Lipinski definition) is 19. The van der Waals surface area contributed by atoms with E-state index in [9.17, 15) is 65.4 Å². The van der Waals surface area contributed by atoms with Crippen LogP contribution < -0.4 is 19.6 Å². The van der Waals surface area contributed by atoms with Crippen molar-refractivity contribution >= 4 is 22.9 Å². The molecule has 21 nitrogen and oxygen atoms in total. The number of benzene rings is 2. The minimum absolute atomic E-state index is 0.0393. The summed E-state index contributed by atoms with van der Waals surface area (Å²) >= 11 is 0. The van der Waals surface area contributed by atoms with E-state index in [0.717, 1.165) is 18.6 Å². The lowest BCUT2D eigenvalue weighted by atomic mass is 9.99. The molecular weight excluding hydrogens is 804 g/mol. The van der Waals surface area contributed by atoms with Crippen LogP contribution in [-0.2, 0) is 35.0 Å². The number of carboxylic acid groups (broad SMARTS) is 2.